The zero-order valence-electron chi connectivity index (χ0n) is 10.1. The lowest BCUT2D eigenvalue weighted by molar-refractivity contribution is 0.0653. The van der Waals surface area contributed by atoms with Crippen LogP contribution in [0.2, 0.25) is 0 Å². The number of amides is 1. The van der Waals surface area contributed by atoms with Gasteiger partial charge in [-0.1, -0.05) is 0 Å². The molecule has 0 radical (unpaired) electrons. The van der Waals surface area contributed by atoms with Gasteiger partial charge in [0.2, 0.25) is 0 Å². The van der Waals surface area contributed by atoms with E-state index in [1.54, 1.807) is 0 Å². The van der Waals surface area contributed by atoms with Gasteiger partial charge in [-0.2, -0.15) is 0 Å². The van der Waals surface area contributed by atoms with E-state index in [4.69, 9.17) is 9.84 Å². The fourth-order valence-electron chi connectivity index (χ4n) is 1.49. The summed E-state index contributed by atoms with van der Waals surface area (Å²) in [4.78, 5) is 13.4. The summed E-state index contributed by atoms with van der Waals surface area (Å²) >= 11 is 0. The number of ether oxygens (including phenoxy) is 1. The first-order valence-electron chi connectivity index (χ1n) is 5.47. The molecule has 0 aliphatic carbocycles. The minimum Gasteiger partial charge on any atom is -0.507 e. The molecule has 0 heterocycles. The average molecular weight is 257 g/mol. The molecule has 1 amide bonds. The zero-order valence-corrected chi connectivity index (χ0v) is 10.1. The number of phenolic OH excluding ortho intramolecular Hbond substituents is 1. The van der Waals surface area contributed by atoms with Crippen molar-refractivity contribution in [3.8, 4) is 5.75 Å². The van der Waals surface area contributed by atoms with Gasteiger partial charge >= 0.3 is 0 Å². The summed E-state index contributed by atoms with van der Waals surface area (Å²) in [5.41, 5.74) is 0.000882. The topological polar surface area (TPSA) is 70.0 Å². The highest BCUT2D eigenvalue weighted by Crippen LogP contribution is 2.19. The molecule has 0 aliphatic heterocycles. The second-order valence-electron chi connectivity index (χ2n) is 3.67. The first-order chi connectivity index (χ1) is 8.60. The Bertz CT molecular complexity index is 411. The summed E-state index contributed by atoms with van der Waals surface area (Å²) in [6, 6.07) is 3.19. The van der Waals surface area contributed by atoms with Gasteiger partial charge in [-0.05, 0) is 12.1 Å². The van der Waals surface area contributed by atoms with E-state index in [9.17, 15) is 14.3 Å². The molecular weight excluding hydrogens is 241 g/mol. The highest BCUT2D eigenvalue weighted by Gasteiger charge is 2.18. The van der Waals surface area contributed by atoms with E-state index in [1.807, 2.05) is 0 Å². The number of halogens is 1. The van der Waals surface area contributed by atoms with Gasteiger partial charge in [-0.3, -0.25) is 4.79 Å². The number of aliphatic hydroxyl groups excluding tert-OH is 1. The molecule has 1 rings (SSSR count). The predicted octanol–water partition coefficient (Wildman–Crippen LogP) is 0.612. The van der Waals surface area contributed by atoms with Crippen molar-refractivity contribution in [3.63, 3.8) is 0 Å². The molecule has 100 valence electrons. The van der Waals surface area contributed by atoms with Crippen LogP contribution in [0.4, 0.5) is 4.39 Å². The second kappa shape index (κ2) is 6.93. The quantitative estimate of drug-likeness (QED) is 0.783. The normalized spacial score (nSPS) is 10.4. The van der Waals surface area contributed by atoms with Crippen LogP contribution in [0.1, 0.15) is 10.4 Å². The molecule has 0 spiro atoms. The minimum atomic E-state index is -0.616. The maximum Gasteiger partial charge on any atom is 0.257 e. The molecule has 0 unspecified atom stereocenters. The molecule has 2 N–H and O–H groups in total. The molecule has 18 heavy (non-hydrogen) atoms. The molecule has 0 bridgehead atoms. The van der Waals surface area contributed by atoms with Crippen LogP contribution in [-0.4, -0.2) is 54.4 Å². The van der Waals surface area contributed by atoms with Crippen molar-refractivity contribution in [1.29, 1.82) is 0 Å². The number of aliphatic hydroxyl groups is 1. The Labute approximate surface area is 104 Å². The van der Waals surface area contributed by atoms with Crippen molar-refractivity contribution >= 4 is 5.91 Å². The molecule has 0 aromatic heterocycles. The maximum absolute atomic E-state index is 12.8. The Morgan fingerprint density at radius 2 is 2.17 bits per heavy atom. The van der Waals surface area contributed by atoms with Gasteiger partial charge in [0.25, 0.3) is 5.91 Å². The average Bonchev–Trinajstić information content (AvgIpc) is 2.33. The van der Waals surface area contributed by atoms with E-state index >= 15 is 0 Å². The summed E-state index contributed by atoms with van der Waals surface area (Å²) in [5.74, 6) is -1.51. The number of phenols is 1. The Morgan fingerprint density at radius 3 is 2.72 bits per heavy atom. The number of hydrogen-bond acceptors (Lipinski definition) is 4. The highest BCUT2D eigenvalue weighted by molar-refractivity contribution is 5.96. The van der Waals surface area contributed by atoms with Gasteiger partial charge < -0.3 is 19.8 Å². The second-order valence-corrected chi connectivity index (χ2v) is 3.67. The summed E-state index contributed by atoms with van der Waals surface area (Å²) in [7, 11) is 1.50. The number of benzene rings is 1. The van der Waals surface area contributed by atoms with E-state index in [0.717, 1.165) is 12.1 Å². The van der Waals surface area contributed by atoms with E-state index < -0.39 is 17.5 Å². The number of rotatable bonds is 6. The van der Waals surface area contributed by atoms with Crippen LogP contribution in [0.5, 0.6) is 5.75 Å². The van der Waals surface area contributed by atoms with Gasteiger partial charge in [0.15, 0.2) is 0 Å². The van der Waals surface area contributed by atoms with E-state index in [-0.39, 0.29) is 25.3 Å². The van der Waals surface area contributed by atoms with Crippen molar-refractivity contribution in [2.24, 2.45) is 0 Å². The lowest BCUT2D eigenvalue weighted by Gasteiger charge is -2.21. The first kappa shape index (κ1) is 14.4. The zero-order chi connectivity index (χ0) is 13.5. The van der Waals surface area contributed by atoms with Crippen LogP contribution in [0.3, 0.4) is 0 Å². The van der Waals surface area contributed by atoms with E-state index in [1.165, 1.54) is 18.1 Å². The fourth-order valence-corrected chi connectivity index (χ4v) is 1.49. The summed E-state index contributed by atoms with van der Waals surface area (Å²) < 4.78 is 17.7. The molecule has 0 aliphatic rings. The number of methoxy groups -OCH3 is 1. The van der Waals surface area contributed by atoms with Crippen LogP contribution in [0, 0.1) is 5.82 Å². The minimum absolute atomic E-state index is 0.000882. The summed E-state index contributed by atoms with van der Waals surface area (Å²) in [6.45, 7) is 0.525. The van der Waals surface area contributed by atoms with E-state index in [2.05, 4.69) is 0 Å². The van der Waals surface area contributed by atoms with Crippen LogP contribution in [-0.2, 0) is 4.74 Å². The molecule has 0 atom stereocenters. The van der Waals surface area contributed by atoms with Crippen LogP contribution in [0.25, 0.3) is 0 Å². The predicted molar refractivity (Wildman–Crippen MR) is 62.9 cm³/mol. The van der Waals surface area contributed by atoms with Gasteiger partial charge in [0, 0.05) is 26.3 Å². The third-order valence-electron chi connectivity index (χ3n) is 2.41. The summed E-state index contributed by atoms with van der Waals surface area (Å²) in [5, 5.41) is 18.4. The monoisotopic (exact) mass is 257 g/mol. The van der Waals surface area contributed by atoms with Crippen LogP contribution < -0.4 is 0 Å². The van der Waals surface area contributed by atoms with Gasteiger partial charge in [-0.25, -0.2) is 4.39 Å². The first-order valence-corrected chi connectivity index (χ1v) is 5.47. The Kier molecular flexibility index (Phi) is 5.54. The van der Waals surface area contributed by atoms with Gasteiger partial charge in [0.1, 0.15) is 11.6 Å². The molecule has 5 nitrogen and oxygen atoms in total. The summed E-state index contributed by atoms with van der Waals surface area (Å²) in [6.07, 6.45) is 0. The number of nitrogens with zero attached hydrogens (tertiary/aromatic N) is 1. The van der Waals surface area contributed by atoms with Crippen LogP contribution >= 0.6 is 0 Å². The molecule has 0 saturated heterocycles. The third-order valence-corrected chi connectivity index (χ3v) is 2.41. The standard InChI is InChI=1S/C12H16FNO4/c1-18-7-5-14(4-6-15)12(17)10-3-2-9(13)8-11(10)16/h2-3,8,15-16H,4-7H2,1H3. The van der Waals surface area contributed by atoms with Crippen molar-refractivity contribution in [2.75, 3.05) is 33.4 Å². The Hall–Kier alpha value is -1.66. The number of carbonyl (C=O) groups is 1. The molecule has 0 fully saturated rings. The molecule has 1 aromatic rings. The Morgan fingerprint density at radius 1 is 1.44 bits per heavy atom. The van der Waals surface area contributed by atoms with E-state index in [0.29, 0.717) is 6.61 Å². The number of hydrogen-bond donors (Lipinski definition) is 2. The number of aromatic hydroxyl groups is 1. The smallest absolute Gasteiger partial charge is 0.257 e. The lowest BCUT2D eigenvalue weighted by Crippen LogP contribution is -2.36. The third kappa shape index (κ3) is 3.68. The highest BCUT2D eigenvalue weighted by atomic mass is 19.1. The SMILES string of the molecule is COCCN(CCO)C(=O)c1ccc(F)cc1O. The van der Waals surface area contributed by atoms with Gasteiger partial charge in [-0.15, -0.1) is 0 Å². The van der Waals surface area contributed by atoms with Crippen molar-refractivity contribution < 1.29 is 24.1 Å². The molecular formula is C12H16FNO4. The fraction of sp³-hybridized carbons (Fsp3) is 0.417. The van der Waals surface area contributed by atoms with Crippen molar-refractivity contribution in [3.05, 3.63) is 29.6 Å². The molecule has 6 heteroatoms. The lowest BCUT2D eigenvalue weighted by atomic mass is 10.1. The Balaban J connectivity index is 2.87. The molecule has 0 saturated carbocycles. The largest absolute Gasteiger partial charge is 0.507 e. The van der Waals surface area contributed by atoms with Crippen molar-refractivity contribution in [1.82, 2.24) is 4.90 Å². The van der Waals surface area contributed by atoms with Crippen LogP contribution in [0.15, 0.2) is 18.2 Å². The number of carbonyl (C=O) groups excluding carboxylic acids is 1. The van der Waals surface area contributed by atoms with Crippen molar-refractivity contribution in [2.45, 2.75) is 0 Å². The van der Waals surface area contributed by atoms with Gasteiger partial charge in [0.05, 0.1) is 18.8 Å². The molecule has 1 aromatic carbocycles. The maximum atomic E-state index is 12.8.